The fourth-order valence-corrected chi connectivity index (χ4v) is 3.57. The lowest BCUT2D eigenvalue weighted by molar-refractivity contribution is 0.203. The van der Waals surface area contributed by atoms with Crippen molar-refractivity contribution in [2.24, 2.45) is 11.8 Å². The second kappa shape index (κ2) is 7.91. The summed E-state index contributed by atoms with van der Waals surface area (Å²) in [6.07, 6.45) is 3.78. The predicted molar refractivity (Wildman–Crippen MR) is 104 cm³/mol. The van der Waals surface area contributed by atoms with E-state index in [0.29, 0.717) is 11.8 Å². The molecule has 1 saturated heterocycles. The average Bonchev–Trinajstić information content (AvgIpc) is 3.16. The van der Waals surface area contributed by atoms with Crippen LogP contribution in [-0.4, -0.2) is 41.3 Å². The second-order valence-electron chi connectivity index (χ2n) is 6.97. The number of benzene rings is 2. The summed E-state index contributed by atoms with van der Waals surface area (Å²) in [7, 11) is 0. The molecule has 0 unspecified atom stereocenters. The van der Waals surface area contributed by atoms with Gasteiger partial charge in [0, 0.05) is 43.2 Å². The Morgan fingerprint density at radius 1 is 1.00 bits per heavy atom. The van der Waals surface area contributed by atoms with Gasteiger partial charge < -0.3 is 15.7 Å². The zero-order valence-corrected chi connectivity index (χ0v) is 14.7. The third kappa shape index (κ3) is 3.75. The molecule has 1 fully saturated rings. The first-order valence-electron chi connectivity index (χ1n) is 9.16. The Balaban J connectivity index is 1.38. The van der Waals surface area contributed by atoms with Crippen LogP contribution < -0.4 is 10.6 Å². The molecule has 134 valence electrons. The molecule has 0 bridgehead atoms. The molecule has 5 heteroatoms. The molecule has 0 amide bonds. The van der Waals surface area contributed by atoms with Crippen LogP contribution in [0, 0.1) is 11.8 Å². The van der Waals surface area contributed by atoms with Gasteiger partial charge in [-0.05, 0) is 41.8 Å². The van der Waals surface area contributed by atoms with Gasteiger partial charge in [-0.25, -0.2) is 9.97 Å². The van der Waals surface area contributed by atoms with Crippen LogP contribution in [0.15, 0.2) is 54.9 Å². The first kappa shape index (κ1) is 17.1. The summed E-state index contributed by atoms with van der Waals surface area (Å²) in [5.74, 6) is 1.59. The highest BCUT2D eigenvalue weighted by Crippen LogP contribution is 2.21. The highest BCUT2D eigenvalue weighted by molar-refractivity contribution is 5.86. The van der Waals surface area contributed by atoms with Crippen LogP contribution in [-0.2, 0) is 6.54 Å². The Bertz CT molecular complexity index is 865. The Hall–Kier alpha value is -2.34. The standard InChI is InChI=1S/C21H24N4O/c26-14-20-13-23-12-19(20)11-22-8-15-9-24-21(25-10-15)18-6-5-16-3-1-2-4-17(16)7-18/h1-7,9-10,19-20,22-23,26H,8,11-14H2/t19-,20+/m0/s1. The molecule has 2 aromatic carbocycles. The van der Waals surface area contributed by atoms with Crippen LogP contribution in [0.2, 0.25) is 0 Å². The Kier molecular flexibility index (Phi) is 5.20. The summed E-state index contributed by atoms with van der Waals surface area (Å²) in [4.78, 5) is 9.07. The maximum atomic E-state index is 9.37. The van der Waals surface area contributed by atoms with Crippen molar-refractivity contribution in [1.82, 2.24) is 20.6 Å². The lowest BCUT2D eigenvalue weighted by Gasteiger charge is -2.16. The van der Waals surface area contributed by atoms with Crippen molar-refractivity contribution in [3.05, 3.63) is 60.4 Å². The van der Waals surface area contributed by atoms with Gasteiger partial charge in [0.05, 0.1) is 0 Å². The van der Waals surface area contributed by atoms with E-state index in [1.807, 2.05) is 24.5 Å². The Morgan fingerprint density at radius 3 is 2.58 bits per heavy atom. The molecule has 1 aliphatic heterocycles. The van der Waals surface area contributed by atoms with Crippen molar-refractivity contribution in [1.29, 1.82) is 0 Å². The topological polar surface area (TPSA) is 70.1 Å². The molecule has 0 radical (unpaired) electrons. The molecule has 5 nitrogen and oxygen atoms in total. The van der Waals surface area contributed by atoms with Crippen LogP contribution in [0.25, 0.3) is 22.2 Å². The van der Waals surface area contributed by atoms with E-state index in [0.717, 1.165) is 43.1 Å². The van der Waals surface area contributed by atoms with E-state index in [1.165, 1.54) is 10.8 Å². The fraction of sp³-hybridized carbons (Fsp3) is 0.333. The average molecular weight is 348 g/mol. The zero-order chi connectivity index (χ0) is 17.8. The number of fused-ring (bicyclic) bond motifs is 1. The first-order valence-corrected chi connectivity index (χ1v) is 9.16. The molecule has 4 rings (SSSR count). The number of hydrogen-bond acceptors (Lipinski definition) is 5. The predicted octanol–water partition coefficient (Wildman–Crippen LogP) is 2.21. The van der Waals surface area contributed by atoms with Gasteiger partial charge in [-0.3, -0.25) is 0 Å². The number of aliphatic hydroxyl groups is 1. The molecular weight excluding hydrogens is 324 g/mol. The minimum absolute atomic E-state index is 0.253. The minimum Gasteiger partial charge on any atom is -0.396 e. The minimum atomic E-state index is 0.253. The van der Waals surface area contributed by atoms with E-state index in [1.54, 1.807) is 0 Å². The molecule has 1 aliphatic rings. The number of aromatic nitrogens is 2. The third-order valence-electron chi connectivity index (χ3n) is 5.16. The summed E-state index contributed by atoms with van der Waals surface area (Å²) in [6.45, 7) is 3.77. The fourth-order valence-electron chi connectivity index (χ4n) is 3.57. The van der Waals surface area contributed by atoms with Crippen molar-refractivity contribution in [3.8, 4) is 11.4 Å². The molecule has 0 aliphatic carbocycles. The van der Waals surface area contributed by atoms with Crippen LogP contribution in [0.1, 0.15) is 5.56 Å². The molecule has 0 saturated carbocycles. The van der Waals surface area contributed by atoms with E-state index in [-0.39, 0.29) is 6.61 Å². The van der Waals surface area contributed by atoms with Crippen LogP contribution >= 0.6 is 0 Å². The highest BCUT2D eigenvalue weighted by Gasteiger charge is 2.25. The van der Waals surface area contributed by atoms with E-state index in [4.69, 9.17) is 0 Å². The molecule has 26 heavy (non-hydrogen) atoms. The van der Waals surface area contributed by atoms with Crippen LogP contribution in [0.3, 0.4) is 0 Å². The number of nitrogens with one attached hydrogen (secondary N) is 2. The largest absolute Gasteiger partial charge is 0.396 e. The number of rotatable bonds is 6. The van der Waals surface area contributed by atoms with Gasteiger partial charge in [0.1, 0.15) is 0 Å². The van der Waals surface area contributed by atoms with Crippen LogP contribution in [0.4, 0.5) is 0 Å². The van der Waals surface area contributed by atoms with E-state index in [2.05, 4.69) is 50.9 Å². The van der Waals surface area contributed by atoms with E-state index in [9.17, 15) is 5.11 Å². The molecule has 3 aromatic rings. The van der Waals surface area contributed by atoms with Gasteiger partial charge in [-0.2, -0.15) is 0 Å². The van der Waals surface area contributed by atoms with E-state index >= 15 is 0 Å². The summed E-state index contributed by atoms with van der Waals surface area (Å²) in [6, 6.07) is 14.6. The van der Waals surface area contributed by atoms with Gasteiger partial charge in [0.25, 0.3) is 0 Å². The van der Waals surface area contributed by atoms with Crippen molar-refractivity contribution in [3.63, 3.8) is 0 Å². The molecule has 1 aromatic heterocycles. The van der Waals surface area contributed by atoms with Gasteiger partial charge in [0.2, 0.25) is 0 Å². The quantitative estimate of drug-likeness (QED) is 0.637. The maximum Gasteiger partial charge on any atom is 0.159 e. The van der Waals surface area contributed by atoms with Crippen molar-refractivity contribution >= 4 is 10.8 Å². The van der Waals surface area contributed by atoms with Gasteiger partial charge >= 0.3 is 0 Å². The van der Waals surface area contributed by atoms with Crippen molar-refractivity contribution in [2.45, 2.75) is 6.54 Å². The summed E-state index contributed by atoms with van der Waals surface area (Å²) in [5, 5.41) is 18.6. The summed E-state index contributed by atoms with van der Waals surface area (Å²) in [5.41, 5.74) is 2.10. The van der Waals surface area contributed by atoms with Gasteiger partial charge in [-0.15, -0.1) is 0 Å². The molecule has 2 heterocycles. The molecule has 0 spiro atoms. The lowest BCUT2D eigenvalue weighted by Crippen LogP contribution is -2.29. The molecule has 3 N–H and O–H groups in total. The third-order valence-corrected chi connectivity index (χ3v) is 5.16. The Morgan fingerprint density at radius 2 is 1.77 bits per heavy atom. The summed E-state index contributed by atoms with van der Waals surface area (Å²) >= 11 is 0. The van der Waals surface area contributed by atoms with E-state index < -0.39 is 0 Å². The normalized spacial score (nSPS) is 19.9. The summed E-state index contributed by atoms with van der Waals surface area (Å²) < 4.78 is 0. The first-order chi connectivity index (χ1) is 12.8. The van der Waals surface area contributed by atoms with Crippen molar-refractivity contribution < 1.29 is 5.11 Å². The SMILES string of the molecule is OC[C@H]1CNC[C@@H]1CNCc1cnc(-c2ccc3ccccc3c2)nc1. The maximum absolute atomic E-state index is 9.37. The smallest absolute Gasteiger partial charge is 0.159 e. The highest BCUT2D eigenvalue weighted by atomic mass is 16.3. The molecule has 2 atom stereocenters. The number of aliphatic hydroxyl groups excluding tert-OH is 1. The van der Waals surface area contributed by atoms with Crippen molar-refractivity contribution in [2.75, 3.05) is 26.2 Å². The monoisotopic (exact) mass is 348 g/mol. The van der Waals surface area contributed by atoms with Gasteiger partial charge in [-0.1, -0.05) is 36.4 Å². The van der Waals surface area contributed by atoms with Gasteiger partial charge in [0.15, 0.2) is 5.82 Å². The molecular formula is C21H24N4O. The zero-order valence-electron chi connectivity index (χ0n) is 14.7. The Labute approximate surface area is 153 Å². The second-order valence-corrected chi connectivity index (χ2v) is 6.97. The number of hydrogen-bond donors (Lipinski definition) is 3. The van der Waals surface area contributed by atoms with Crippen LogP contribution in [0.5, 0.6) is 0 Å². The number of nitrogens with zero attached hydrogens (tertiary/aromatic N) is 2. The lowest BCUT2D eigenvalue weighted by atomic mass is 9.97.